The molecule has 2 aliphatic rings. The van der Waals surface area contributed by atoms with Gasteiger partial charge in [0.1, 0.15) is 17.7 Å². The molecule has 0 spiro atoms. The summed E-state index contributed by atoms with van der Waals surface area (Å²) >= 11 is 0. The molecule has 5 rings (SSSR count). The molecule has 0 bridgehead atoms. The van der Waals surface area contributed by atoms with Gasteiger partial charge in [0.15, 0.2) is 0 Å². The summed E-state index contributed by atoms with van der Waals surface area (Å²) in [6.07, 6.45) is -0.934. The van der Waals surface area contributed by atoms with Gasteiger partial charge in [-0.2, -0.15) is 18.2 Å². The fourth-order valence-corrected chi connectivity index (χ4v) is 4.61. The van der Waals surface area contributed by atoms with Crippen LogP contribution in [-0.4, -0.2) is 76.4 Å². The lowest BCUT2D eigenvalue weighted by Gasteiger charge is -2.27. The molecule has 208 valence electrons. The fourth-order valence-electron chi connectivity index (χ4n) is 4.61. The molecule has 3 aromatic rings. The summed E-state index contributed by atoms with van der Waals surface area (Å²) in [5.74, 6) is 0.878. The number of alkyl halides is 3. The second kappa shape index (κ2) is 11.2. The summed E-state index contributed by atoms with van der Waals surface area (Å²) in [5.41, 5.74) is 5.13. The number of hydrogen-bond acceptors (Lipinski definition) is 10. The van der Waals surface area contributed by atoms with Crippen molar-refractivity contribution in [2.45, 2.75) is 38.6 Å². The van der Waals surface area contributed by atoms with E-state index in [-0.39, 0.29) is 29.1 Å². The Bertz CT molecular complexity index is 1280. The van der Waals surface area contributed by atoms with Crippen molar-refractivity contribution in [1.82, 2.24) is 24.8 Å². The third kappa shape index (κ3) is 6.48. The van der Waals surface area contributed by atoms with E-state index in [0.717, 1.165) is 31.8 Å². The van der Waals surface area contributed by atoms with Gasteiger partial charge >= 0.3 is 6.18 Å². The number of morpholine rings is 1. The van der Waals surface area contributed by atoms with E-state index in [4.69, 9.17) is 15.2 Å². The smallest absolute Gasteiger partial charge is 0.417 e. The maximum atomic E-state index is 13.9. The predicted octanol–water partition coefficient (Wildman–Crippen LogP) is 3.98. The predicted molar refractivity (Wildman–Crippen MR) is 141 cm³/mol. The summed E-state index contributed by atoms with van der Waals surface area (Å²) in [7, 11) is 0. The molecule has 0 aliphatic carbocycles. The Kier molecular flexibility index (Phi) is 7.71. The maximum absolute atomic E-state index is 13.9. The molecular formula is C26H31F3N8O2. The molecule has 2 saturated heterocycles. The van der Waals surface area contributed by atoms with Gasteiger partial charge in [-0.25, -0.2) is 15.0 Å². The van der Waals surface area contributed by atoms with Crippen LogP contribution in [0.3, 0.4) is 0 Å². The largest absolute Gasteiger partial charge is 0.473 e. The minimum atomic E-state index is -4.64. The van der Waals surface area contributed by atoms with Crippen LogP contribution in [0.25, 0.3) is 11.3 Å². The maximum Gasteiger partial charge on any atom is 0.417 e. The molecule has 3 aromatic heterocycles. The highest BCUT2D eigenvalue weighted by Gasteiger charge is 2.35. The van der Waals surface area contributed by atoms with E-state index >= 15 is 0 Å². The quantitative estimate of drug-likeness (QED) is 0.453. The van der Waals surface area contributed by atoms with E-state index in [1.165, 1.54) is 6.07 Å². The summed E-state index contributed by atoms with van der Waals surface area (Å²) < 4.78 is 53.1. The average molecular weight is 545 g/mol. The first-order valence-electron chi connectivity index (χ1n) is 12.8. The van der Waals surface area contributed by atoms with E-state index in [9.17, 15) is 13.2 Å². The molecule has 0 radical (unpaired) electrons. The number of rotatable bonds is 7. The Labute approximate surface area is 224 Å². The number of nitrogen functional groups attached to an aromatic ring is 1. The summed E-state index contributed by atoms with van der Waals surface area (Å²) in [6.45, 7) is 8.13. The van der Waals surface area contributed by atoms with Crippen LogP contribution < -0.4 is 20.7 Å². The van der Waals surface area contributed by atoms with Crippen LogP contribution in [0, 0.1) is 0 Å². The highest BCUT2D eigenvalue weighted by molar-refractivity contribution is 5.71. The molecule has 5 heterocycles. The van der Waals surface area contributed by atoms with Crippen molar-refractivity contribution >= 4 is 23.3 Å². The zero-order valence-electron chi connectivity index (χ0n) is 21.8. The second-order valence-corrected chi connectivity index (χ2v) is 9.82. The van der Waals surface area contributed by atoms with Gasteiger partial charge in [0.25, 0.3) is 0 Å². The van der Waals surface area contributed by atoms with Gasteiger partial charge in [0.2, 0.25) is 11.8 Å². The Morgan fingerprint density at radius 2 is 1.87 bits per heavy atom. The van der Waals surface area contributed by atoms with E-state index in [0.29, 0.717) is 49.7 Å². The number of ether oxygens (including phenoxy) is 2. The van der Waals surface area contributed by atoms with Crippen LogP contribution in [0.15, 0.2) is 36.7 Å². The van der Waals surface area contributed by atoms with Gasteiger partial charge < -0.3 is 25.4 Å². The molecule has 0 aromatic carbocycles. The summed E-state index contributed by atoms with van der Waals surface area (Å²) in [6, 6.07) is 6.29. The second-order valence-electron chi connectivity index (χ2n) is 9.82. The standard InChI is InChI=1S/C26H31F3N8O2/c1-16(2)37-6-5-18(15-37)39-24-4-3-17(13-32-24)33-23-12-21(34-25(35-23)36-7-9-38-10-8-36)19-14-31-22(30)11-20(19)26(27,28)29/h3-4,11-14,16,18H,5-10,15H2,1-2H3,(H2,30,31)(H,33,34,35)/t18-/m0/s1. The van der Waals surface area contributed by atoms with Gasteiger partial charge in [-0.15, -0.1) is 0 Å². The Balaban J connectivity index is 1.41. The molecule has 10 nitrogen and oxygen atoms in total. The Morgan fingerprint density at radius 3 is 2.54 bits per heavy atom. The normalized spacial score (nSPS) is 18.5. The van der Waals surface area contributed by atoms with Crippen molar-refractivity contribution in [2.24, 2.45) is 0 Å². The topological polar surface area (TPSA) is 115 Å². The molecule has 3 N–H and O–H groups in total. The Morgan fingerprint density at radius 1 is 1.08 bits per heavy atom. The van der Waals surface area contributed by atoms with Crippen LogP contribution in [0.2, 0.25) is 0 Å². The molecule has 2 fully saturated rings. The number of aromatic nitrogens is 4. The number of hydrogen-bond donors (Lipinski definition) is 2. The van der Waals surface area contributed by atoms with E-state index < -0.39 is 11.7 Å². The number of nitrogens with two attached hydrogens (primary N) is 1. The number of anilines is 4. The van der Waals surface area contributed by atoms with Crippen molar-refractivity contribution in [3.05, 3.63) is 42.2 Å². The first-order chi connectivity index (χ1) is 18.7. The zero-order chi connectivity index (χ0) is 27.6. The zero-order valence-corrected chi connectivity index (χ0v) is 21.8. The van der Waals surface area contributed by atoms with E-state index in [1.54, 1.807) is 18.3 Å². The van der Waals surface area contributed by atoms with Crippen molar-refractivity contribution in [3.63, 3.8) is 0 Å². The molecule has 2 aliphatic heterocycles. The number of nitrogens with one attached hydrogen (secondary N) is 1. The van der Waals surface area contributed by atoms with Gasteiger partial charge in [0.05, 0.1) is 36.4 Å². The Hall–Kier alpha value is -3.71. The van der Waals surface area contributed by atoms with Crippen molar-refractivity contribution in [1.29, 1.82) is 0 Å². The molecule has 39 heavy (non-hydrogen) atoms. The van der Waals surface area contributed by atoms with E-state index in [2.05, 4.69) is 44.0 Å². The van der Waals surface area contributed by atoms with Crippen LogP contribution >= 0.6 is 0 Å². The van der Waals surface area contributed by atoms with Crippen LogP contribution in [-0.2, 0) is 10.9 Å². The van der Waals surface area contributed by atoms with Gasteiger partial charge in [-0.1, -0.05) is 0 Å². The monoisotopic (exact) mass is 544 g/mol. The van der Waals surface area contributed by atoms with E-state index in [1.807, 2.05) is 4.90 Å². The highest BCUT2D eigenvalue weighted by Crippen LogP contribution is 2.38. The number of nitrogens with zero attached hydrogens (tertiary/aromatic N) is 6. The molecule has 0 amide bonds. The first kappa shape index (κ1) is 26.9. The van der Waals surface area contributed by atoms with Gasteiger partial charge in [-0.05, 0) is 32.4 Å². The molecule has 1 atom stereocenters. The SMILES string of the molecule is CC(C)N1CC[C@H](Oc2ccc(Nc3cc(-c4cnc(N)cc4C(F)(F)F)nc(N4CCOCC4)n3)cn2)C1. The highest BCUT2D eigenvalue weighted by atomic mass is 19.4. The minimum Gasteiger partial charge on any atom is -0.473 e. The number of pyridine rings is 2. The first-order valence-corrected chi connectivity index (χ1v) is 12.8. The lowest BCUT2D eigenvalue weighted by atomic mass is 10.1. The number of halogens is 3. The summed E-state index contributed by atoms with van der Waals surface area (Å²) in [5, 5.41) is 3.14. The third-order valence-corrected chi connectivity index (χ3v) is 6.72. The third-order valence-electron chi connectivity index (χ3n) is 6.72. The number of likely N-dealkylation sites (tertiary alicyclic amines) is 1. The fraction of sp³-hybridized carbons (Fsp3) is 0.462. The molecular weight excluding hydrogens is 513 g/mol. The average Bonchev–Trinajstić information content (AvgIpc) is 3.38. The van der Waals surface area contributed by atoms with Crippen molar-refractivity contribution < 1.29 is 22.6 Å². The van der Waals surface area contributed by atoms with Crippen LogP contribution in [0.4, 0.5) is 36.4 Å². The minimum absolute atomic E-state index is 0.0673. The van der Waals surface area contributed by atoms with Gasteiger partial charge in [0, 0.05) is 56.1 Å². The van der Waals surface area contributed by atoms with Crippen LogP contribution in [0.5, 0.6) is 5.88 Å². The lowest BCUT2D eigenvalue weighted by Crippen LogP contribution is -2.37. The van der Waals surface area contributed by atoms with Crippen molar-refractivity contribution in [2.75, 3.05) is 55.3 Å². The lowest BCUT2D eigenvalue weighted by molar-refractivity contribution is -0.137. The molecule has 0 unspecified atom stereocenters. The molecule has 13 heteroatoms. The molecule has 0 saturated carbocycles. The van der Waals surface area contributed by atoms with Crippen LogP contribution in [0.1, 0.15) is 25.8 Å². The summed E-state index contributed by atoms with van der Waals surface area (Å²) in [4.78, 5) is 21.6. The van der Waals surface area contributed by atoms with Crippen molar-refractivity contribution in [3.8, 4) is 17.1 Å². The van der Waals surface area contributed by atoms with Gasteiger partial charge in [-0.3, -0.25) is 4.90 Å².